The molecule has 0 saturated heterocycles. The Hall–Kier alpha value is -2.62. The van der Waals surface area contributed by atoms with Crippen molar-refractivity contribution in [1.29, 1.82) is 0 Å². The van der Waals surface area contributed by atoms with E-state index in [-0.39, 0.29) is 5.69 Å². The van der Waals surface area contributed by atoms with Gasteiger partial charge in [-0.05, 0) is 18.2 Å². The lowest BCUT2D eigenvalue weighted by Crippen LogP contribution is -2.11. The van der Waals surface area contributed by atoms with E-state index < -0.39 is 0 Å². The SMILES string of the molecule is Nc1ccc2[nH]c(=O)nc(-c3ccccc3)c2c1. The zero-order valence-corrected chi connectivity index (χ0v) is 9.55. The van der Waals surface area contributed by atoms with E-state index in [2.05, 4.69) is 9.97 Å². The highest BCUT2D eigenvalue weighted by molar-refractivity contribution is 5.93. The molecular weight excluding hydrogens is 226 g/mol. The average Bonchev–Trinajstić information content (AvgIpc) is 2.39. The molecule has 0 radical (unpaired) electrons. The Kier molecular flexibility index (Phi) is 2.34. The summed E-state index contributed by atoms with van der Waals surface area (Å²) in [5, 5.41) is 0.848. The van der Waals surface area contributed by atoms with Crippen LogP contribution in [0.15, 0.2) is 53.3 Å². The van der Waals surface area contributed by atoms with Crippen molar-refractivity contribution in [2.24, 2.45) is 0 Å². The van der Waals surface area contributed by atoms with Crippen molar-refractivity contribution >= 4 is 16.6 Å². The summed E-state index contributed by atoms with van der Waals surface area (Å²) in [6, 6.07) is 15.0. The van der Waals surface area contributed by atoms with Crippen LogP contribution in [-0.4, -0.2) is 9.97 Å². The summed E-state index contributed by atoms with van der Waals surface area (Å²) < 4.78 is 0. The molecule has 1 aromatic heterocycles. The van der Waals surface area contributed by atoms with Gasteiger partial charge in [-0.25, -0.2) is 4.79 Å². The van der Waals surface area contributed by atoms with Gasteiger partial charge in [-0.15, -0.1) is 0 Å². The van der Waals surface area contributed by atoms with Crippen molar-refractivity contribution in [3.05, 3.63) is 59.0 Å². The van der Waals surface area contributed by atoms with Gasteiger partial charge in [-0.1, -0.05) is 30.3 Å². The summed E-state index contributed by atoms with van der Waals surface area (Å²) in [6.45, 7) is 0. The first-order valence-electron chi connectivity index (χ1n) is 5.59. The molecule has 0 saturated carbocycles. The number of aromatic nitrogens is 2. The van der Waals surface area contributed by atoms with E-state index in [1.54, 1.807) is 12.1 Å². The lowest BCUT2D eigenvalue weighted by molar-refractivity contribution is 1.12. The number of nitrogens with zero attached hydrogens (tertiary/aromatic N) is 1. The fourth-order valence-corrected chi connectivity index (χ4v) is 1.99. The second-order valence-electron chi connectivity index (χ2n) is 4.06. The van der Waals surface area contributed by atoms with Gasteiger partial charge in [0, 0.05) is 16.6 Å². The molecule has 0 aliphatic heterocycles. The lowest BCUT2D eigenvalue weighted by Gasteiger charge is -2.05. The highest BCUT2D eigenvalue weighted by atomic mass is 16.1. The molecule has 0 atom stereocenters. The third kappa shape index (κ3) is 1.73. The Labute approximate surface area is 103 Å². The van der Waals surface area contributed by atoms with Crippen LogP contribution in [0.4, 0.5) is 5.69 Å². The van der Waals surface area contributed by atoms with E-state index in [4.69, 9.17) is 5.73 Å². The lowest BCUT2D eigenvalue weighted by atomic mass is 10.1. The molecule has 3 rings (SSSR count). The highest BCUT2D eigenvalue weighted by Crippen LogP contribution is 2.25. The van der Waals surface area contributed by atoms with Gasteiger partial charge in [0.15, 0.2) is 0 Å². The normalized spacial score (nSPS) is 10.7. The van der Waals surface area contributed by atoms with Crippen LogP contribution >= 0.6 is 0 Å². The topological polar surface area (TPSA) is 71.8 Å². The van der Waals surface area contributed by atoms with Crippen LogP contribution in [0.25, 0.3) is 22.2 Å². The molecule has 3 aromatic rings. The summed E-state index contributed by atoms with van der Waals surface area (Å²) in [5.41, 5.74) is 8.38. The molecular formula is C14H11N3O. The van der Waals surface area contributed by atoms with E-state index in [1.807, 2.05) is 36.4 Å². The summed E-state index contributed by atoms with van der Waals surface area (Å²) in [6.07, 6.45) is 0. The summed E-state index contributed by atoms with van der Waals surface area (Å²) >= 11 is 0. The van der Waals surface area contributed by atoms with E-state index in [9.17, 15) is 4.79 Å². The van der Waals surface area contributed by atoms with Crippen molar-refractivity contribution in [3.63, 3.8) is 0 Å². The van der Waals surface area contributed by atoms with Gasteiger partial charge in [0.1, 0.15) is 0 Å². The minimum atomic E-state index is -0.355. The number of benzene rings is 2. The minimum absolute atomic E-state index is 0.355. The zero-order valence-electron chi connectivity index (χ0n) is 9.55. The third-order valence-corrected chi connectivity index (χ3v) is 2.80. The number of hydrogen-bond donors (Lipinski definition) is 2. The molecule has 2 aromatic carbocycles. The monoisotopic (exact) mass is 237 g/mol. The molecule has 4 heteroatoms. The molecule has 88 valence electrons. The molecule has 0 aliphatic rings. The van der Waals surface area contributed by atoms with Crippen LogP contribution in [0.5, 0.6) is 0 Å². The Bertz CT molecular complexity index is 763. The maximum absolute atomic E-state index is 11.6. The fraction of sp³-hybridized carbons (Fsp3) is 0. The Morgan fingerprint density at radius 3 is 2.61 bits per heavy atom. The minimum Gasteiger partial charge on any atom is -0.399 e. The van der Waals surface area contributed by atoms with E-state index >= 15 is 0 Å². The molecule has 18 heavy (non-hydrogen) atoms. The molecule has 1 heterocycles. The number of rotatable bonds is 1. The standard InChI is InChI=1S/C14H11N3O/c15-10-6-7-12-11(8-10)13(17-14(18)16-12)9-4-2-1-3-5-9/h1-8H,15H2,(H,16,17,18). The van der Waals surface area contributed by atoms with Gasteiger partial charge < -0.3 is 10.7 Å². The zero-order chi connectivity index (χ0) is 12.5. The van der Waals surface area contributed by atoms with Gasteiger partial charge in [-0.3, -0.25) is 0 Å². The van der Waals surface area contributed by atoms with E-state index in [0.29, 0.717) is 11.4 Å². The molecule has 0 spiro atoms. The van der Waals surface area contributed by atoms with Crippen LogP contribution in [-0.2, 0) is 0 Å². The van der Waals surface area contributed by atoms with Crippen molar-refractivity contribution < 1.29 is 0 Å². The number of nitrogens with two attached hydrogens (primary N) is 1. The maximum Gasteiger partial charge on any atom is 0.345 e. The fourth-order valence-electron chi connectivity index (χ4n) is 1.99. The molecule has 4 nitrogen and oxygen atoms in total. The Morgan fingerprint density at radius 1 is 1.06 bits per heavy atom. The number of anilines is 1. The van der Waals surface area contributed by atoms with E-state index in [1.165, 1.54) is 0 Å². The van der Waals surface area contributed by atoms with Crippen LogP contribution < -0.4 is 11.4 Å². The Balaban J connectivity index is 2.41. The van der Waals surface area contributed by atoms with Crippen LogP contribution in [0.2, 0.25) is 0 Å². The largest absolute Gasteiger partial charge is 0.399 e. The molecule has 0 aliphatic carbocycles. The predicted molar refractivity (Wildman–Crippen MR) is 72.2 cm³/mol. The van der Waals surface area contributed by atoms with Crippen LogP contribution in [0, 0.1) is 0 Å². The van der Waals surface area contributed by atoms with Gasteiger partial charge in [0.05, 0.1) is 11.2 Å². The van der Waals surface area contributed by atoms with Gasteiger partial charge in [0.2, 0.25) is 0 Å². The average molecular weight is 237 g/mol. The molecule has 0 bridgehead atoms. The first kappa shape index (κ1) is 10.5. The first-order chi connectivity index (χ1) is 8.74. The number of nitrogen functional groups attached to an aromatic ring is 1. The highest BCUT2D eigenvalue weighted by Gasteiger charge is 2.07. The van der Waals surface area contributed by atoms with Gasteiger partial charge in [0.25, 0.3) is 0 Å². The maximum atomic E-state index is 11.6. The molecule has 0 amide bonds. The second kappa shape index (κ2) is 4.00. The summed E-state index contributed by atoms with van der Waals surface area (Å²) in [7, 11) is 0. The smallest absolute Gasteiger partial charge is 0.345 e. The first-order valence-corrected chi connectivity index (χ1v) is 5.59. The van der Waals surface area contributed by atoms with Crippen molar-refractivity contribution in [3.8, 4) is 11.3 Å². The van der Waals surface area contributed by atoms with E-state index in [0.717, 1.165) is 16.5 Å². The van der Waals surface area contributed by atoms with Crippen LogP contribution in [0.3, 0.4) is 0 Å². The predicted octanol–water partition coefficient (Wildman–Crippen LogP) is 2.17. The van der Waals surface area contributed by atoms with Gasteiger partial charge in [-0.2, -0.15) is 4.98 Å². The third-order valence-electron chi connectivity index (χ3n) is 2.80. The quantitative estimate of drug-likeness (QED) is 0.637. The van der Waals surface area contributed by atoms with Crippen molar-refractivity contribution in [2.75, 3.05) is 5.73 Å². The van der Waals surface area contributed by atoms with Crippen molar-refractivity contribution in [1.82, 2.24) is 9.97 Å². The van der Waals surface area contributed by atoms with Gasteiger partial charge >= 0.3 is 5.69 Å². The summed E-state index contributed by atoms with van der Waals surface area (Å²) in [5.74, 6) is 0. The van der Waals surface area contributed by atoms with Crippen LogP contribution in [0.1, 0.15) is 0 Å². The van der Waals surface area contributed by atoms with Crippen molar-refractivity contribution in [2.45, 2.75) is 0 Å². The Morgan fingerprint density at radius 2 is 1.83 bits per heavy atom. The number of H-pyrrole nitrogens is 1. The second-order valence-corrected chi connectivity index (χ2v) is 4.06. The number of fused-ring (bicyclic) bond motifs is 1. The number of hydrogen-bond acceptors (Lipinski definition) is 3. The molecule has 3 N–H and O–H groups in total. The molecule has 0 unspecified atom stereocenters. The number of nitrogens with one attached hydrogen (secondary N) is 1. The number of aromatic amines is 1. The molecule has 0 fully saturated rings. The summed E-state index contributed by atoms with van der Waals surface area (Å²) in [4.78, 5) is 18.3.